The number of amides is 1. The largest absolute Gasteiger partial charge is 0.336 e. The highest BCUT2D eigenvalue weighted by atomic mass is 35.5. The van der Waals surface area contributed by atoms with Gasteiger partial charge in [0.25, 0.3) is 11.5 Å². The Morgan fingerprint density at radius 3 is 2.50 bits per heavy atom. The van der Waals surface area contributed by atoms with E-state index in [9.17, 15) is 18.8 Å². The molecule has 1 saturated carbocycles. The molecule has 216 valence electrons. The fraction of sp³-hybridized carbons (Fsp3) is 0.300. The van der Waals surface area contributed by atoms with Crippen LogP contribution in [-0.2, 0) is 20.0 Å². The number of aromatic amines is 2. The molecule has 0 bridgehead atoms. The van der Waals surface area contributed by atoms with Crippen LogP contribution in [0.3, 0.4) is 0 Å². The van der Waals surface area contributed by atoms with E-state index < -0.39 is 17.2 Å². The highest BCUT2D eigenvalue weighted by Gasteiger charge is 2.27. The average Bonchev–Trinajstić information content (AvgIpc) is 3.62. The van der Waals surface area contributed by atoms with Gasteiger partial charge in [-0.2, -0.15) is 5.10 Å². The number of aromatic nitrogens is 6. The number of carbonyl (C=O) groups is 1. The summed E-state index contributed by atoms with van der Waals surface area (Å²) >= 11 is 6.33. The van der Waals surface area contributed by atoms with Gasteiger partial charge in [-0.3, -0.25) is 23.8 Å². The van der Waals surface area contributed by atoms with Crippen molar-refractivity contribution in [2.45, 2.75) is 38.6 Å². The second-order valence-corrected chi connectivity index (χ2v) is 11.2. The Hall–Kier alpha value is -4.51. The smallest absolute Gasteiger partial charge is 0.330 e. The predicted molar refractivity (Wildman–Crippen MR) is 158 cm³/mol. The van der Waals surface area contributed by atoms with Crippen molar-refractivity contribution >= 4 is 34.4 Å². The summed E-state index contributed by atoms with van der Waals surface area (Å²) in [5.74, 6) is -0.324. The van der Waals surface area contributed by atoms with Crippen LogP contribution in [-0.4, -0.2) is 42.3 Å². The molecule has 2 aromatic carbocycles. The monoisotopic (exact) mass is 589 g/mol. The zero-order chi connectivity index (χ0) is 29.7. The number of hydrogen-bond acceptors (Lipinski definition) is 5. The van der Waals surface area contributed by atoms with E-state index in [1.54, 1.807) is 51.4 Å². The number of benzene rings is 2. The van der Waals surface area contributed by atoms with E-state index in [4.69, 9.17) is 16.6 Å². The van der Waals surface area contributed by atoms with Crippen LogP contribution in [0, 0.1) is 18.7 Å². The topological polar surface area (TPSA) is 122 Å². The van der Waals surface area contributed by atoms with E-state index >= 15 is 0 Å². The van der Waals surface area contributed by atoms with Crippen molar-refractivity contribution in [3.63, 3.8) is 0 Å². The molecule has 6 rings (SSSR count). The molecule has 0 radical (unpaired) electrons. The Kier molecular flexibility index (Phi) is 7.05. The number of hydrogen-bond donors (Lipinski definition) is 2. The maximum atomic E-state index is 14.8. The molecule has 0 aliphatic heterocycles. The standard InChI is InChI=1S/C30H29ClFN7O3/c1-16-23(25(31)38(3)36-16)29(41)37(2)20-12-10-18(11-13-20)21(14-19-6-4-5-7-22(19)32)26-33-24-27(34-26)39(15-17-8-9-17)30(42)35-28(24)40/h4-7,10-13,17,21H,8-9,14-15H2,1-3H3,(H,33,34)(H,35,40,42). The third kappa shape index (κ3) is 5.04. The summed E-state index contributed by atoms with van der Waals surface area (Å²) in [6.07, 6.45) is 2.29. The number of imidazole rings is 1. The Labute approximate surface area is 244 Å². The molecule has 42 heavy (non-hydrogen) atoms. The summed E-state index contributed by atoms with van der Waals surface area (Å²) in [5, 5.41) is 4.49. The van der Waals surface area contributed by atoms with Crippen molar-refractivity contribution in [1.82, 2.24) is 29.3 Å². The van der Waals surface area contributed by atoms with Crippen LogP contribution in [0.5, 0.6) is 0 Å². The molecule has 1 atom stereocenters. The molecule has 1 unspecified atom stereocenters. The van der Waals surface area contributed by atoms with Gasteiger partial charge < -0.3 is 9.88 Å². The van der Waals surface area contributed by atoms with E-state index in [1.807, 2.05) is 12.1 Å². The van der Waals surface area contributed by atoms with Gasteiger partial charge in [-0.05, 0) is 61.4 Å². The normalized spacial score (nSPS) is 13.9. The van der Waals surface area contributed by atoms with Crippen molar-refractivity contribution in [1.29, 1.82) is 0 Å². The molecule has 10 nitrogen and oxygen atoms in total. The summed E-state index contributed by atoms with van der Waals surface area (Å²) in [5.41, 5.74) is 2.18. The first-order valence-corrected chi connectivity index (χ1v) is 14.0. The van der Waals surface area contributed by atoms with Crippen molar-refractivity contribution in [2.75, 3.05) is 11.9 Å². The lowest BCUT2D eigenvalue weighted by molar-refractivity contribution is 0.0992. The molecule has 5 aromatic rings. The van der Waals surface area contributed by atoms with Gasteiger partial charge in [0.1, 0.15) is 22.3 Å². The summed E-state index contributed by atoms with van der Waals surface area (Å²) in [6.45, 7) is 2.20. The highest BCUT2D eigenvalue weighted by Crippen LogP contribution is 2.33. The fourth-order valence-electron chi connectivity index (χ4n) is 5.30. The third-order valence-corrected chi connectivity index (χ3v) is 8.29. The SMILES string of the molecule is Cc1nn(C)c(Cl)c1C(=O)N(C)c1ccc(C(Cc2ccccc2F)c2nc3c([nH]2)c(=O)[nH]c(=O)n3CC2CC2)cc1. The van der Waals surface area contributed by atoms with Crippen LogP contribution in [0.2, 0.25) is 5.15 Å². The second-order valence-electron chi connectivity index (χ2n) is 10.8. The number of nitrogens with one attached hydrogen (secondary N) is 2. The molecule has 1 amide bonds. The lowest BCUT2D eigenvalue weighted by Crippen LogP contribution is -2.30. The van der Waals surface area contributed by atoms with Crippen LogP contribution in [0.1, 0.15) is 51.8 Å². The Bertz CT molecular complexity index is 1940. The molecule has 2 N–H and O–H groups in total. The van der Waals surface area contributed by atoms with Gasteiger partial charge >= 0.3 is 5.69 Å². The Morgan fingerprint density at radius 1 is 1.14 bits per heavy atom. The molecule has 1 aliphatic carbocycles. The molecule has 1 aliphatic rings. The maximum Gasteiger partial charge on any atom is 0.330 e. The van der Waals surface area contributed by atoms with Crippen LogP contribution < -0.4 is 16.1 Å². The van der Waals surface area contributed by atoms with Crippen molar-refractivity contribution in [2.24, 2.45) is 13.0 Å². The number of carbonyl (C=O) groups excluding carboxylic acids is 1. The van der Waals surface area contributed by atoms with E-state index in [2.05, 4.69) is 15.1 Å². The molecule has 3 heterocycles. The minimum atomic E-state index is -0.551. The van der Waals surface area contributed by atoms with Gasteiger partial charge in [0.15, 0.2) is 5.65 Å². The minimum Gasteiger partial charge on any atom is -0.336 e. The van der Waals surface area contributed by atoms with Gasteiger partial charge in [-0.25, -0.2) is 14.2 Å². The van der Waals surface area contributed by atoms with Gasteiger partial charge in [0.05, 0.1) is 11.3 Å². The quantitative estimate of drug-likeness (QED) is 0.279. The molecule has 3 aromatic heterocycles. The molecular weight excluding hydrogens is 561 g/mol. The summed E-state index contributed by atoms with van der Waals surface area (Å²) < 4.78 is 17.8. The van der Waals surface area contributed by atoms with E-state index in [-0.39, 0.29) is 34.5 Å². The number of H-pyrrole nitrogens is 2. The van der Waals surface area contributed by atoms with E-state index in [0.29, 0.717) is 40.8 Å². The summed E-state index contributed by atoms with van der Waals surface area (Å²) in [7, 11) is 3.33. The van der Waals surface area contributed by atoms with E-state index in [0.717, 1.165) is 18.4 Å². The Morgan fingerprint density at radius 2 is 1.86 bits per heavy atom. The minimum absolute atomic E-state index is 0.203. The lowest BCUT2D eigenvalue weighted by Gasteiger charge is -2.20. The average molecular weight is 590 g/mol. The molecule has 1 fully saturated rings. The maximum absolute atomic E-state index is 14.8. The second kappa shape index (κ2) is 10.7. The van der Waals surface area contributed by atoms with Crippen LogP contribution >= 0.6 is 11.6 Å². The van der Waals surface area contributed by atoms with Crippen molar-refractivity contribution in [3.05, 3.63) is 109 Å². The highest BCUT2D eigenvalue weighted by molar-refractivity contribution is 6.33. The number of fused-ring (bicyclic) bond motifs is 1. The number of aryl methyl sites for hydroxylation is 2. The van der Waals surface area contributed by atoms with Crippen LogP contribution in [0.25, 0.3) is 11.2 Å². The van der Waals surface area contributed by atoms with Gasteiger partial charge in [-0.15, -0.1) is 0 Å². The number of rotatable bonds is 8. The number of anilines is 1. The van der Waals surface area contributed by atoms with Crippen LogP contribution in [0.4, 0.5) is 10.1 Å². The molecule has 12 heteroatoms. The van der Waals surface area contributed by atoms with Crippen molar-refractivity contribution < 1.29 is 9.18 Å². The first kappa shape index (κ1) is 27.6. The van der Waals surface area contributed by atoms with Crippen molar-refractivity contribution in [3.8, 4) is 0 Å². The van der Waals surface area contributed by atoms with Gasteiger partial charge in [0, 0.05) is 32.2 Å². The third-order valence-electron chi connectivity index (χ3n) is 7.85. The summed E-state index contributed by atoms with van der Waals surface area (Å²) in [4.78, 5) is 50.4. The first-order chi connectivity index (χ1) is 20.1. The van der Waals surface area contributed by atoms with Gasteiger partial charge in [-0.1, -0.05) is 41.9 Å². The lowest BCUT2D eigenvalue weighted by atomic mass is 9.91. The zero-order valence-electron chi connectivity index (χ0n) is 23.3. The van der Waals surface area contributed by atoms with Crippen LogP contribution in [0.15, 0.2) is 58.1 Å². The number of nitrogens with zero attached hydrogens (tertiary/aromatic N) is 5. The van der Waals surface area contributed by atoms with E-state index in [1.165, 1.54) is 20.2 Å². The summed E-state index contributed by atoms with van der Waals surface area (Å²) in [6, 6.07) is 13.8. The molecular formula is C30H29ClFN7O3. The predicted octanol–water partition coefficient (Wildman–Crippen LogP) is 4.31. The number of halogens is 2. The first-order valence-electron chi connectivity index (χ1n) is 13.7. The fourth-order valence-corrected chi connectivity index (χ4v) is 5.55. The van der Waals surface area contributed by atoms with Gasteiger partial charge in [0.2, 0.25) is 0 Å². The molecule has 0 saturated heterocycles. The zero-order valence-corrected chi connectivity index (χ0v) is 24.1. The Balaban J connectivity index is 1.39. The molecule has 0 spiro atoms.